The third-order valence-electron chi connectivity index (χ3n) is 2.91. The molecule has 0 amide bonds. The molecular formula is C13H16BrClFNO2. The van der Waals surface area contributed by atoms with E-state index in [2.05, 4.69) is 21.2 Å². The van der Waals surface area contributed by atoms with Crippen LogP contribution in [0.1, 0.15) is 12.8 Å². The lowest BCUT2D eigenvalue weighted by molar-refractivity contribution is 0.109. The first-order chi connectivity index (χ1) is 9.16. The number of nitrogens with one attached hydrogen (secondary N) is 1. The van der Waals surface area contributed by atoms with Crippen LogP contribution >= 0.6 is 27.5 Å². The van der Waals surface area contributed by atoms with Gasteiger partial charge < -0.3 is 14.8 Å². The quantitative estimate of drug-likeness (QED) is 0.629. The summed E-state index contributed by atoms with van der Waals surface area (Å²) >= 11 is 8.94. The summed E-state index contributed by atoms with van der Waals surface area (Å²) < 4.78 is 24.9. The molecule has 1 saturated heterocycles. The van der Waals surface area contributed by atoms with Crippen molar-refractivity contribution in [3.8, 4) is 5.75 Å². The topological polar surface area (TPSA) is 30.5 Å². The second-order valence-corrected chi connectivity index (χ2v) is 5.65. The lowest BCUT2D eigenvalue weighted by Gasteiger charge is -2.12. The van der Waals surface area contributed by atoms with Crippen LogP contribution in [0.2, 0.25) is 5.02 Å². The van der Waals surface area contributed by atoms with Crippen molar-refractivity contribution in [2.45, 2.75) is 18.9 Å². The summed E-state index contributed by atoms with van der Waals surface area (Å²) in [6.45, 7) is 2.85. The molecule has 6 heteroatoms. The van der Waals surface area contributed by atoms with E-state index in [1.165, 1.54) is 12.1 Å². The number of hydrogen-bond donors (Lipinski definition) is 1. The molecule has 19 heavy (non-hydrogen) atoms. The van der Waals surface area contributed by atoms with Crippen molar-refractivity contribution in [3.63, 3.8) is 0 Å². The van der Waals surface area contributed by atoms with Crippen LogP contribution in [0, 0.1) is 5.82 Å². The van der Waals surface area contributed by atoms with Crippen molar-refractivity contribution >= 4 is 27.5 Å². The SMILES string of the molecule is Fc1cc(OCCNCC2CCCO2)c(Br)cc1Cl. The summed E-state index contributed by atoms with van der Waals surface area (Å²) in [6, 6.07) is 2.78. The lowest BCUT2D eigenvalue weighted by Crippen LogP contribution is -2.29. The van der Waals surface area contributed by atoms with Gasteiger partial charge in [0.05, 0.1) is 15.6 Å². The van der Waals surface area contributed by atoms with E-state index in [0.29, 0.717) is 29.5 Å². The van der Waals surface area contributed by atoms with E-state index in [1.807, 2.05) is 0 Å². The van der Waals surface area contributed by atoms with Gasteiger partial charge in [-0.3, -0.25) is 0 Å². The average Bonchev–Trinajstić information content (AvgIpc) is 2.88. The second-order valence-electron chi connectivity index (χ2n) is 4.38. The lowest BCUT2D eigenvalue weighted by atomic mass is 10.2. The average molecular weight is 353 g/mol. The van der Waals surface area contributed by atoms with E-state index >= 15 is 0 Å². The first-order valence-corrected chi connectivity index (χ1v) is 7.43. The molecule has 1 fully saturated rings. The van der Waals surface area contributed by atoms with Crippen molar-refractivity contribution in [2.75, 3.05) is 26.3 Å². The maximum atomic E-state index is 13.3. The molecule has 3 nitrogen and oxygen atoms in total. The minimum Gasteiger partial charge on any atom is -0.491 e. The minimum atomic E-state index is -0.479. The standard InChI is InChI=1S/C13H16BrClFNO2/c14-10-6-11(15)12(16)7-13(10)19-5-3-17-8-9-2-1-4-18-9/h6-7,9,17H,1-5,8H2. The van der Waals surface area contributed by atoms with Crippen molar-refractivity contribution in [2.24, 2.45) is 0 Å². The number of hydrogen-bond acceptors (Lipinski definition) is 3. The first-order valence-electron chi connectivity index (χ1n) is 6.26. The highest BCUT2D eigenvalue weighted by molar-refractivity contribution is 9.10. The summed E-state index contributed by atoms with van der Waals surface area (Å²) in [6.07, 6.45) is 2.57. The van der Waals surface area contributed by atoms with Crippen molar-refractivity contribution < 1.29 is 13.9 Å². The van der Waals surface area contributed by atoms with Crippen LogP contribution < -0.4 is 10.1 Å². The van der Waals surface area contributed by atoms with Crippen molar-refractivity contribution in [1.29, 1.82) is 0 Å². The maximum Gasteiger partial charge on any atom is 0.145 e. The fourth-order valence-corrected chi connectivity index (χ4v) is 2.67. The van der Waals surface area contributed by atoms with Crippen LogP contribution in [0.25, 0.3) is 0 Å². The van der Waals surface area contributed by atoms with E-state index in [9.17, 15) is 4.39 Å². The molecule has 1 aromatic rings. The maximum absolute atomic E-state index is 13.3. The Balaban J connectivity index is 1.69. The van der Waals surface area contributed by atoms with Crippen LogP contribution in [0.3, 0.4) is 0 Å². The molecule has 1 N–H and O–H groups in total. The molecule has 1 atom stereocenters. The van der Waals surface area contributed by atoms with Gasteiger partial charge in [-0.1, -0.05) is 11.6 Å². The predicted octanol–water partition coefficient (Wildman–Crippen LogP) is 3.39. The van der Waals surface area contributed by atoms with Gasteiger partial charge in [0, 0.05) is 25.8 Å². The zero-order valence-electron chi connectivity index (χ0n) is 10.4. The molecule has 0 aliphatic carbocycles. The summed E-state index contributed by atoms with van der Waals surface area (Å²) in [5, 5.41) is 3.34. The molecule has 0 aromatic heterocycles. The fourth-order valence-electron chi connectivity index (χ4n) is 1.92. The Bertz CT molecular complexity index is 427. The zero-order chi connectivity index (χ0) is 13.7. The van der Waals surface area contributed by atoms with Crippen LogP contribution in [0.5, 0.6) is 5.75 Å². The Hall–Kier alpha value is -0.360. The number of halogens is 3. The molecule has 0 radical (unpaired) electrons. The number of ether oxygens (including phenoxy) is 2. The highest BCUT2D eigenvalue weighted by atomic mass is 79.9. The van der Waals surface area contributed by atoms with E-state index in [4.69, 9.17) is 21.1 Å². The first kappa shape index (κ1) is 15.0. The molecule has 106 valence electrons. The molecule has 0 bridgehead atoms. The van der Waals surface area contributed by atoms with Crippen LogP contribution in [-0.2, 0) is 4.74 Å². The molecule has 2 rings (SSSR count). The van der Waals surface area contributed by atoms with Gasteiger partial charge in [0.2, 0.25) is 0 Å². The third kappa shape index (κ3) is 4.60. The molecular weight excluding hydrogens is 337 g/mol. The Morgan fingerprint density at radius 1 is 1.53 bits per heavy atom. The van der Waals surface area contributed by atoms with E-state index in [1.54, 1.807) is 0 Å². The van der Waals surface area contributed by atoms with Crippen LogP contribution in [0.15, 0.2) is 16.6 Å². The van der Waals surface area contributed by atoms with Crippen LogP contribution in [-0.4, -0.2) is 32.4 Å². The van der Waals surface area contributed by atoms with Crippen LogP contribution in [0.4, 0.5) is 4.39 Å². The van der Waals surface area contributed by atoms with E-state index in [0.717, 1.165) is 26.0 Å². The Morgan fingerprint density at radius 2 is 2.37 bits per heavy atom. The van der Waals surface area contributed by atoms with Gasteiger partial charge in [0.1, 0.15) is 18.2 Å². The second kappa shape index (κ2) is 7.43. The molecule has 1 unspecified atom stereocenters. The highest BCUT2D eigenvalue weighted by Gasteiger charge is 2.14. The zero-order valence-corrected chi connectivity index (χ0v) is 12.8. The van der Waals surface area contributed by atoms with E-state index < -0.39 is 5.82 Å². The number of rotatable bonds is 6. The van der Waals surface area contributed by atoms with Gasteiger partial charge >= 0.3 is 0 Å². The largest absolute Gasteiger partial charge is 0.491 e. The van der Waals surface area contributed by atoms with Gasteiger partial charge in [0.15, 0.2) is 0 Å². The van der Waals surface area contributed by atoms with Gasteiger partial charge in [-0.15, -0.1) is 0 Å². The van der Waals surface area contributed by atoms with Gasteiger partial charge in [0.25, 0.3) is 0 Å². The molecule has 0 saturated carbocycles. The third-order valence-corrected chi connectivity index (χ3v) is 3.82. The summed E-state index contributed by atoms with van der Waals surface area (Å²) in [7, 11) is 0. The molecule has 1 aliphatic rings. The summed E-state index contributed by atoms with van der Waals surface area (Å²) in [4.78, 5) is 0. The molecule has 1 aliphatic heterocycles. The van der Waals surface area contributed by atoms with Gasteiger partial charge in [-0.2, -0.15) is 0 Å². The molecule has 1 heterocycles. The monoisotopic (exact) mass is 351 g/mol. The normalized spacial score (nSPS) is 18.8. The van der Waals surface area contributed by atoms with E-state index in [-0.39, 0.29) is 5.02 Å². The summed E-state index contributed by atoms with van der Waals surface area (Å²) in [5.41, 5.74) is 0. The smallest absolute Gasteiger partial charge is 0.145 e. The highest BCUT2D eigenvalue weighted by Crippen LogP contribution is 2.30. The number of benzene rings is 1. The Labute approximate surface area is 125 Å². The Morgan fingerprint density at radius 3 is 3.11 bits per heavy atom. The van der Waals surface area contributed by atoms with Gasteiger partial charge in [-0.05, 0) is 34.8 Å². The van der Waals surface area contributed by atoms with Gasteiger partial charge in [-0.25, -0.2) is 4.39 Å². The fraction of sp³-hybridized carbons (Fsp3) is 0.538. The van der Waals surface area contributed by atoms with Crippen molar-refractivity contribution in [3.05, 3.63) is 27.4 Å². The molecule has 0 spiro atoms. The predicted molar refractivity (Wildman–Crippen MR) is 76.4 cm³/mol. The Kier molecular flexibility index (Phi) is 5.88. The summed E-state index contributed by atoms with van der Waals surface area (Å²) in [5.74, 6) is -0.0204. The molecule has 1 aromatic carbocycles. The minimum absolute atomic E-state index is 0.0794. The van der Waals surface area contributed by atoms with Crippen molar-refractivity contribution in [1.82, 2.24) is 5.32 Å².